The molecule has 1 aliphatic heterocycles. The van der Waals surface area contributed by atoms with Gasteiger partial charge in [0.2, 0.25) is 0 Å². The fraction of sp³-hybridized carbons (Fsp3) is 0.632. The molecule has 4 heteroatoms. The smallest absolute Gasteiger partial charge is 0.410 e. The van der Waals surface area contributed by atoms with Crippen LogP contribution in [0.1, 0.15) is 51.7 Å². The van der Waals surface area contributed by atoms with Crippen molar-refractivity contribution in [3.05, 3.63) is 35.4 Å². The molecule has 2 atom stereocenters. The Morgan fingerprint density at radius 1 is 1.39 bits per heavy atom. The van der Waals surface area contributed by atoms with E-state index in [9.17, 15) is 4.79 Å². The Bertz CT molecular complexity index is 536. The Kier molecular flexibility index (Phi) is 5.69. The predicted molar refractivity (Wildman–Crippen MR) is 93.4 cm³/mol. The molecule has 1 aliphatic rings. The van der Waals surface area contributed by atoms with Gasteiger partial charge in [0.1, 0.15) is 5.60 Å². The van der Waals surface area contributed by atoms with Gasteiger partial charge in [-0.25, -0.2) is 4.79 Å². The molecule has 1 fully saturated rings. The summed E-state index contributed by atoms with van der Waals surface area (Å²) in [4.78, 5) is 14.2. The van der Waals surface area contributed by atoms with E-state index in [4.69, 9.17) is 4.74 Å². The molecule has 1 aromatic carbocycles. The van der Waals surface area contributed by atoms with Crippen molar-refractivity contribution >= 4 is 6.09 Å². The summed E-state index contributed by atoms with van der Waals surface area (Å²) in [6, 6.07) is 8.98. The lowest BCUT2D eigenvalue weighted by molar-refractivity contribution is 0.00699. The lowest BCUT2D eigenvalue weighted by atomic mass is 9.97. The zero-order valence-corrected chi connectivity index (χ0v) is 15.1. The van der Waals surface area contributed by atoms with Crippen molar-refractivity contribution in [1.82, 2.24) is 10.2 Å². The number of hydrogen-bond acceptors (Lipinski definition) is 3. The molecule has 1 N–H and O–H groups in total. The van der Waals surface area contributed by atoms with Crippen LogP contribution in [0.4, 0.5) is 4.79 Å². The fourth-order valence-corrected chi connectivity index (χ4v) is 3.07. The minimum Gasteiger partial charge on any atom is -0.444 e. The predicted octanol–water partition coefficient (Wildman–Crippen LogP) is 3.87. The number of likely N-dealkylation sites (tertiary alicyclic amines) is 1. The van der Waals surface area contributed by atoms with Crippen LogP contribution in [0.3, 0.4) is 0 Å². The lowest BCUT2D eigenvalue weighted by Gasteiger charge is -2.40. The summed E-state index contributed by atoms with van der Waals surface area (Å²) >= 11 is 0. The van der Waals surface area contributed by atoms with Gasteiger partial charge in [-0.05, 0) is 53.0 Å². The van der Waals surface area contributed by atoms with E-state index in [-0.39, 0.29) is 12.1 Å². The number of carbonyl (C=O) groups excluding carboxylic acids is 1. The summed E-state index contributed by atoms with van der Waals surface area (Å²) in [5.41, 5.74) is 2.11. The third-order valence-corrected chi connectivity index (χ3v) is 4.27. The molecule has 0 saturated carbocycles. The van der Waals surface area contributed by atoms with Gasteiger partial charge in [0.25, 0.3) is 0 Å². The van der Waals surface area contributed by atoms with Gasteiger partial charge in [0.15, 0.2) is 0 Å². The van der Waals surface area contributed by atoms with Crippen LogP contribution in [0.25, 0.3) is 0 Å². The lowest BCUT2D eigenvalue weighted by Crippen LogP contribution is -2.55. The molecule has 4 nitrogen and oxygen atoms in total. The standard InChI is InChI=1S/C19H30N2O2/c1-14-8-6-9-16(12-14)13-20-17-10-7-11-21(15(17)2)18(22)23-19(3,4)5/h6,8-9,12,15,17,20H,7,10-11,13H2,1-5H3. The maximum absolute atomic E-state index is 12.4. The van der Waals surface area contributed by atoms with Crippen molar-refractivity contribution in [3.63, 3.8) is 0 Å². The van der Waals surface area contributed by atoms with Crippen LogP contribution in [0.2, 0.25) is 0 Å². The second-order valence-electron chi connectivity index (χ2n) is 7.53. The van der Waals surface area contributed by atoms with Gasteiger partial charge >= 0.3 is 6.09 Å². The first-order chi connectivity index (χ1) is 10.8. The average Bonchev–Trinajstić information content (AvgIpc) is 2.44. The number of nitrogens with one attached hydrogen (secondary N) is 1. The van der Waals surface area contributed by atoms with Gasteiger partial charge in [-0.1, -0.05) is 29.8 Å². The molecule has 0 bridgehead atoms. The molecule has 0 aliphatic carbocycles. The third kappa shape index (κ3) is 5.24. The SMILES string of the molecule is Cc1cccc(CNC2CCCN(C(=O)OC(C)(C)C)C2C)c1. The summed E-state index contributed by atoms with van der Waals surface area (Å²) in [6.45, 7) is 11.6. The molecule has 128 valence electrons. The molecule has 0 radical (unpaired) electrons. The average molecular weight is 318 g/mol. The second-order valence-corrected chi connectivity index (χ2v) is 7.53. The maximum Gasteiger partial charge on any atom is 0.410 e. The number of piperidine rings is 1. The zero-order valence-electron chi connectivity index (χ0n) is 15.1. The first-order valence-corrected chi connectivity index (χ1v) is 8.55. The molecule has 23 heavy (non-hydrogen) atoms. The minimum absolute atomic E-state index is 0.142. The van der Waals surface area contributed by atoms with Crippen LogP contribution >= 0.6 is 0 Å². The number of nitrogens with zero attached hydrogens (tertiary/aromatic N) is 1. The highest BCUT2D eigenvalue weighted by molar-refractivity contribution is 5.68. The van der Waals surface area contributed by atoms with Crippen molar-refractivity contribution in [2.24, 2.45) is 0 Å². The Labute approximate surface area is 140 Å². The summed E-state index contributed by atoms with van der Waals surface area (Å²) in [6.07, 6.45) is 1.90. The molecule has 0 spiro atoms. The summed E-state index contributed by atoms with van der Waals surface area (Å²) in [7, 11) is 0. The van der Waals surface area contributed by atoms with Crippen molar-refractivity contribution in [2.45, 2.75) is 71.7 Å². The van der Waals surface area contributed by atoms with Crippen LogP contribution in [-0.2, 0) is 11.3 Å². The van der Waals surface area contributed by atoms with Crippen molar-refractivity contribution in [3.8, 4) is 0 Å². The van der Waals surface area contributed by atoms with Crippen LogP contribution in [0, 0.1) is 6.92 Å². The number of carbonyl (C=O) groups is 1. The van der Waals surface area contributed by atoms with Crippen LogP contribution in [-0.4, -0.2) is 35.2 Å². The first kappa shape index (κ1) is 17.8. The Morgan fingerprint density at radius 3 is 2.78 bits per heavy atom. The topological polar surface area (TPSA) is 41.6 Å². The van der Waals surface area contributed by atoms with E-state index in [0.29, 0.717) is 6.04 Å². The van der Waals surface area contributed by atoms with Crippen molar-refractivity contribution in [1.29, 1.82) is 0 Å². The Morgan fingerprint density at radius 2 is 2.13 bits per heavy atom. The van der Waals surface area contributed by atoms with E-state index in [1.165, 1.54) is 11.1 Å². The second kappa shape index (κ2) is 7.35. The quantitative estimate of drug-likeness (QED) is 0.920. The summed E-state index contributed by atoms with van der Waals surface area (Å²) in [5.74, 6) is 0. The largest absolute Gasteiger partial charge is 0.444 e. The summed E-state index contributed by atoms with van der Waals surface area (Å²) in [5, 5.41) is 3.61. The van der Waals surface area contributed by atoms with Crippen molar-refractivity contribution in [2.75, 3.05) is 6.54 Å². The van der Waals surface area contributed by atoms with Gasteiger partial charge in [0, 0.05) is 25.2 Å². The van der Waals surface area contributed by atoms with Gasteiger partial charge in [-0.15, -0.1) is 0 Å². The Hall–Kier alpha value is -1.55. The van der Waals surface area contributed by atoms with E-state index >= 15 is 0 Å². The minimum atomic E-state index is -0.446. The number of ether oxygens (including phenoxy) is 1. The number of hydrogen-bond donors (Lipinski definition) is 1. The van der Waals surface area contributed by atoms with Gasteiger partial charge in [0.05, 0.1) is 0 Å². The third-order valence-electron chi connectivity index (χ3n) is 4.27. The zero-order chi connectivity index (χ0) is 17.0. The Balaban J connectivity index is 1.94. The van der Waals surface area contributed by atoms with Crippen LogP contribution in [0.15, 0.2) is 24.3 Å². The summed E-state index contributed by atoms with van der Waals surface area (Å²) < 4.78 is 5.53. The normalized spacial score (nSPS) is 22.0. The van der Waals surface area contributed by atoms with E-state index in [2.05, 4.69) is 43.4 Å². The molecule has 1 heterocycles. The molecule has 0 aromatic heterocycles. The monoisotopic (exact) mass is 318 g/mol. The highest BCUT2D eigenvalue weighted by Gasteiger charge is 2.33. The number of amides is 1. The molecule has 2 unspecified atom stereocenters. The number of benzene rings is 1. The molecular weight excluding hydrogens is 288 g/mol. The van der Waals surface area contributed by atoms with Gasteiger partial charge in [-0.3, -0.25) is 0 Å². The molecule has 1 saturated heterocycles. The van der Waals surface area contributed by atoms with E-state index < -0.39 is 5.60 Å². The fourth-order valence-electron chi connectivity index (χ4n) is 3.07. The highest BCUT2D eigenvalue weighted by atomic mass is 16.6. The number of rotatable bonds is 3. The molecule has 1 aromatic rings. The van der Waals surface area contributed by atoms with Crippen LogP contribution < -0.4 is 5.32 Å². The van der Waals surface area contributed by atoms with Crippen molar-refractivity contribution < 1.29 is 9.53 Å². The molecule has 2 rings (SSSR count). The first-order valence-electron chi connectivity index (χ1n) is 8.55. The van der Waals surface area contributed by atoms with Gasteiger partial charge in [-0.2, -0.15) is 0 Å². The van der Waals surface area contributed by atoms with E-state index in [1.807, 2.05) is 25.7 Å². The molecule has 1 amide bonds. The van der Waals surface area contributed by atoms with E-state index in [0.717, 1.165) is 25.9 Å². The highest BCUT2D eigenvalue weighted by Crippen LogP contribution is 2.21. The van der Waals surface area contributed by atoms with Gasteiger partial charge < -0.3 is 15.0 Å². The van der Waals surface area contributed by atoms with Crippen LogP contribution in [0.5, 0.6) is 0 Å². The molecular formula is C19H30N2O2. The maximum atomic E-state index is 12.4. The number of aryl methyl sites for hydroxylation is 1. The van der Waals surface area contributed by atoms with E-state index in [1.54, 1.807) is 0 Å².